The summed E-state index contributed by atoms with van der Waals surface area (Å²) in [6.07, 6.45) is 0.642. The van der Waals surface area contributed by atoms with Gasteiger partial charge in [-0.1, -0.05) is 6.07 Å². The molecule has 0 fully saturated rings. The highest BCUT2D eigenvalue weighted by Crippen LogP contribution is 2.39. The number of benzene rings is 2. The molecule has 152 valence electrons. The van der Waals surface area contributed by atoms with Gasteiger partial charge in [-0.25, -0.2) is 4.79 Å². The number of methoxy groups -OCH3 is 5. The Bertz CT molecular complexity index is 784. The minimum absolute atomic E-state index is 0.338. The van der Waals surface area contributed by atoms with Crippen LogP contribution in [0.4, 0.5) is 10.5 Å². The molecule has 0 radical (unpaired) electrons. The molecule has 0 saturated carbocycles. The highest BCUT2D eigenvalue weighted by Gasteiger charge is 2.14. The van der Waals surface area contributed by atoms with Crippen molar-refractivity contribution in [1.82, 2.24) is 5.32 Å². The fraction of sp³-hybridized carbons (Fsp3) is 0.350. The van der Waals surface area contributed by atoms with Gasteiger partial charge < -0.3 is 34.3 Å². The number of amides is 2. The largest absolute Gasteiger partial charge is 0.493 e. The maximum Gasteiger partial charge on any atom is 0.319 e. The third-order valence-corrected chi connectivity index (χ3v) is 4.07. The maximum atomic E-state index is 12.2. The fourth-order valence-electron chi connectivity index (χ4n) is 2.69. The van der Waals surface area contributed by atoms with Gasteiger partial charge in [-0.3, -0.25) is 0 Å². The number of carbonyl (C=O) groups excluding carboxylic acids is 1. The molecule has 28 heavy (non-hydrogen) atoms. The Morgan fingerprint density at radius 2 is 1.39 bits per heavy atom. The molecule has 0 aliphatic rings. The Hall–Kier alpha value is -3.29. The molecule has 2 aromatic carbocycles. The van der Waals surface area contributed by atoms with Crippen LogP contribution in [0.15, 0.2) is 30.3 Å². The number of ether oxygens (including phenoxy) is 5. The second-order valence-corrected chi connectivity index (χ2v) is 5.73. The number of hydrogen-bond donors (Lipinski definition) is 2. The first-order chi connectivity index (χ1) is 13.6. The van der Waals surface area contributed by atoms with Crippen LogP contribution < -0.4 is 34.3 Å². The van der Waals surface area contributed by atoms with Crippen LogP contribution in [-0.4, -0.2) is 48.1 Å². The summed E-state index contributed by atoms with van der Waals surface area (Å²) in [7, 11) is 7.74. The molecule has 0 heterocycles. The summed E-state index contributed by atoms with van der Waals surface area (Å²) >= 11 is 0. The Labute approximate surface area is 164 Å². The van der Waals surface area contributed by atoms with E-state index >= 15 is 0 Å². The minimum Gasteiger partial charge on any atom is -0.493 e. The number of urea groups is 1. The molecule has 0 atom stereocenters. The van der Waals surface area contributed by atoms with Gasteiger partial charge in [-0.05, 0) is 24.1 Å². The predicted octanol–water partition coefficient (Wildman–Crippen LogP) is 3.09. The van der Waals surface area contributed by atoms with Gasteiger partial charge in [-0.15, -0.1) is 0 Å². The second-order valence-electron chi connectivity index (χ2n) is 5.73. The summed E-state index contributed by atoms with van der Waals surface area (Å²) in [5, 5.41) is 5.57. The Kier molecular flexibility index (Phi) is 7.62. The van der Waals surface area contributed by atoms with Gasteiger partial charge in [0.2, 0.25) is 5.75 Å². The van der Waals surface area contributed by atoms with E-state index in [2.05, 4.69) is 10.6 Å². The van der Waals surface area contributed by atoms with E-state index in [9.17, 15) is 4.79 Å². The molecule has 2 amide bonds. The molecule has 0 spiro atoms. The summed E-state index contributed by atoms with van der Waals surface area (Å²) in [4.78, 5) is 12.2. The van der Waals surface area contributed by atoms with E-state index in [0.717, 1.165) is 5.56 Å². The van der Waals surface area contributed by atoms with E-state index in [-0.39, 0.29) is 6.03 Å². The number of hydrogen-bond acceptors (Lipinski definition) is 6. The van der Waals surface area contributed by atoms with Crippen LogP contribution >= 0.6 is 0 Å². The first-order valence-electron chi connectivity index (χ1n) is 8.62. The first kappa shape index (κ1) is 21.0. The van der Waals surface area contributed by atoms with Gasteiger partial charge in [0.25, 0.3) is 0 Å². The van der Waals surface area contributed by atoms with E-state index in [0.29, 0.717) is 47.4 Å². The highest BCUT2D eigenvalue weighted by atomic mass is 16.5. The number of nitrogens with one attached hydrogen (secondary N) is 2. The molecular formula is C20H26N2O6. The van der Waals surface area contributed by atoms with E-state index < -0.39 is 0 Å². The molecule has 8 heteroatoms. The van der Waals surface area contributed by atoms with Crippen LogP contribution in [-0.2, 0) is 6.42 Å². The van der Waals surface area contributed by atoms with Gasteiger partial charge >= 0.3 is 6.03 Å². The zero-order valence-electron chi connectivity index (χ0n) is 16.8. The van der Waals surface area contributed by atoms with Crippen molar-refractivity contribution < 1.29 is 28.5 Å². The summed E-state index contributed by atoms with van der Waals surface area (Å²) in [5.41, 5.74) is 1.55. The normalized spacial score (nSPS) is 10.0. The molecule has 2 N–H and O–H groups in total. The van der Waals surface area contributed by atoms with Gasteiger partial charge in [-0.2, -0.15) is 0 Å². The molecule has 0 aromatic heterocycles. The standard InChI is InChI=1S/C20H26N2O6/c1-24-15-7-6-13(10-16(15)25-2)8-9-21-20(23)22-14-11-17(26-3)19(28-5)18(12-14)27-4/h6-7,10-12H,8-9H2,1-5H3,(H2,21,22,23). The van der Waals surface area contributed by atoms with E-state index in [1.54, 1.807) is 26.4 Å². The predicted molar refractivity (Wildman–Crippen MR) is 106 cm³/mol. The second kappa shape index (κ2) is 10.1. The van der Waals surface area contributed by atoms with Crippen LogP contribution in [0.5, 0.6) is 28.7 Å². The zero-order valence-corrected chi connectivity index (χ0v) is 16.8. The lowest BCUT2D eigenvalue weighted by molar-refractivity contribution is 0.252. The molecule has 0 aliphatic heterocycles. The van der Waals surface area contributed by atoms with Crippen molar-refractivity contribution in [3.63, 3.8) is 0 Å². The molecule has 0 unspecified atom stereocenters. The van der Waals surface area contributed by atoms with Crippen molar-refractivity contribution in [2.24, 2.45) is 0 Å². The first-order valence-corrected chi connectivity index (χ1v) is 8.62. The summed E-state index contributed by atoms with van der Waals surface area (Å²) in [6, 6.07) is 8.64. The van der Waals surface area contributed by atoms with Gasteiger partial charge in [0.15, 0.2) is 23.0 Å². The van der Waals surface area contributed by atoms with Crippen molar-refractivity contribution in [1.29, 1.82) is 0 Å². The minimum atomic E-state index is -0.338. The van der Waals surface area contributed by atoms with Crippen LogP contribution in [0, 0.1) is 0 Å². The zero-order chi connectivity index (χ0) is 20.5. The molecular weight excluding hydrogens is 364 g/mol. The summed E-state index contributed by atoms with van der Waals surface area (Å²) < 4.78 is 26.3. The smallest absolute Gasteiger partial charge is 0.319 e. The van der Waals surface area contributed by atoms with E-state index in [1.807, 2.05) is 18.2 Å². The number of carbonyl (C=O) groups is 1. The van der Waals surface area contributed by atoms with E-state index in [4.69, 9.17) is 23.7 Å². The topological polar surface area (TPSA) is 87.3 Å². The van der Waals surface area contributed by atoms with Crippen molar-refractivity contribution >= 4 is 11.7 Å². The van der Waals surface area contributed by atoms with Crippen LogP contribution in [0.3, 0.4) is 0 Å². The molecule has 0 saturated heterocycles. The van der Waals surface area contributed by atoms with Gasteiger partial charge in [0, 0.05) is 18.7 Å². The Morgan fingerprint density at radius 3 is 1.93 bits per heavy atom. The molecule has 0 aliphatic carbocycles. The Morgan fingerprint density at radius 1 is 0.786 bits per heavy atom. The summed E-state index contributed by atoms with van der Waals surface area (Å²) in [5.74, 6) is 2.70. The summed E-state index contributed by atoms with van der Waals surface area (Å²) in [6.45, 7) is 0.450. The average Bonchev–Trinajstić information content (AvgIpc) is 2.72. The third kappa shape index (κ3) is 5.12. The SMILES string of the molecule is COc1ccc(CCNC(=O)Nc2cc(OC)c(OC)c(OC)c2)cc1OC. The average molecular weight is 390 g/mol. The van der Waals surface area contributed by atoms with Gasteiger partial charge in [0.1, 0.15) is 0 Å². The third-order valence-electron chi connectivity index (χ3n) is 4.07. The number of rotatable bonds is 9. The monoisotopic (exact) mass is 390 g/mol. The van der Waals surface area contributed by atoms with Crippen molar-refractivity contribution in [2.75, 3.05) is 47.4 Å². The molecule has 8 nitrogen and oxygen atoms in total. The van der Waals surface area contributed by atoms with Crippen LogP contribution in [0.25, 0.3) is 0 Å². The van der Waals surface area contributed by atoms with E-state index in [1.165, 1.54) is 21.3 Å². The lowest BCUT2D eigenvalue weighted by Crippen LogP contribution is -2.30. The lowest BCUT2D eigenvalue weighted by atomic mass is 10.1. The fourth-order valence-corrected chi connectivity index (χ4v) is 2.69. The van der Waals surface area contributed by atoms with Crippen LogP contribution in [0.2, 0.25) is 0 Å². The lowest BCUT2D eigenvalue weighted by Gasteiger charge is -2.15. The molecule has 2 rings (SSSR count). The van der Waals surface area contributed by atoms with Crippen LogP contribution in [0.1, 0.15) is 5.56 Å². The molecule has 0 bridgehead atoms. The van der Waals surface area contributed by atoms with Crippen molar-refractivity contribution in [2.45, 2.75) is 6.42 Å². The van der Waals surface area contributed by atoms with Crippen molar-refractivity contribution in [3.05, 3.63) is 35.9 Å². The molecule has 2 aromatic rings. The number of anilines is 1. The Balaban J connectivity index is 1.96. The van der Waals surface area contributed by atoms with Gasteiger partial charge in [0.05, 0.1) is 41.2 Å². The van der Waals surface area contributed by atoms with Crippen molar-refractivity contribution in [3.8, 4) is 28.7 Å². The maximum absolute atomic E-state index is 12.2. The quantitative estimate of drug-likeness (QED) is 0.684. The highest BCUT2D eigenvalue weighted by molar-refractivity contribution is 5.90.